The molecule has 1 aromatic carbocycles. The average Bonchev–Trinajstić information content (AvgIpc) is 2.28. The van der Waals surface area contributed by atoms with Crippen molar-refractivity contribution in [3.8, 4) is 5.75 Å². The van der Waals surface area contributed by atoms with E-state index in [9.17, 15) is 19.1 Å². The topological polar surface area (TPSA) is 83.8 Å². The number of aliphatic carboxylic acids is 1. The number of hydrogen-bond acceptors (Lipinski definition) is 4. The number of aliphatic hydroxyl groups excluding tert-OH is 1. The summed E-state index contributed by atoms with van der Waals surface area (Å²) >= 11 is 0. The lowest BCUT2D eigenvalue weighted by molar-refractivity contribution is -0.146. The van der Waals surface area contributed by atoms with Crippen LogP contribution in [0.2, 0.25) is 0 Å². The molecule has 16 heavy (non-hydrogen) atoms. The zero-order chi connectivity index (χ0) is 12.3. The van der Waals surface area contributed by atoms with Gasteiger partial charge in [-0.05, 0) is 17.7 Å². The van der Waals surface area contributed by atoms with Crippen molar-refractivity contribution in [2.45, 2.75) is 6.10 Å². The molecule has 6 heteroatoms. The van der Waals surface area contributed by atoms with Crippen molar-refractivity contribution in [2.75, 3.05) is 7.11 Å². The fraction of sp³-hybridized carbons (Fsp3) is 0.200. The summed E-state index contributed by atoms with van der Waals surface area (Å²) < 4.78 is 18.0. The molecule has 86 valence electrons. The van der Waals surface area contributed by atoms with Gasteiger partial charge in [0.2, 0.25) is 0 Å². The van der Waals surface area contributed by atoms with E-state index in [-0.39, 0.29) is 23.2 Å². The number of halogens is 1. The summed E-state index contributed by atoms with van der Waals surface area (Å²) in [5, 5.41) is 17.8. The Morgan fingerprint density at radius 1 is 1.56 bits per heavy atom. The minimum Gasteiger partial charge on any atom is -0.494 e. The Kier molecular flexibility index (Phi) is 3.57. The number of rotatable bonds is 4. The van der Waals surface area contributed by atoms with Crippen LogP contribution in [0.1, 0.15) is 22.0 Å². The highest BCUT2D eigenvalue weighted by Gasteiger charge is 2.20. The van der Waals surface area contributed by atoms with Crippen LogP contribution in [0, 0.1) is 5.82 Å². The smallest absolute Gasteiger partial charge is 0.337 e. The van der Waals surface area contributed by atoms with Crippen LogP contribution in [0.4, 0.5) is 4.39 Å². The second kappa shape index (κ2) is 4.71. The molecule has 0 bridgehead atoms. The Labute approximate surface area is 90.1 Å². The minimum absolute atomic E-state index is 0.118. The van der Waals surface area contributed by atoms with E-state index in [2.05, 4.69) is 4.74 Å². The molecule has 0 saturated carbocycles. The molecule has 0 heterocycles. The van der Waals surface area contributed by atoms with Gasteiger partial charge < -0.3 is 14.9 Å². The fourth-order valence-corrected chi connectivity index (χ4v) is 1.18. The van der Waals surface area contributed by atoms with Gasteiger partial charge in [0.25, 0.3) is 0 Å². The molecule has 1 rings (SSSR count). The lowest BCUT2D eigenvalue weighted by atomic mass is 10.1. The van der Waals surface area contributed by atoms with Crippen LogP contribution in [0.25, 0.3) is 0 Å². The zero-order valence-electron chi connectivity index (χ0n) is 8.31. The van der Waals surface area contributed by atoms with Crippen molar-refractivity contribution >= 4 is 12.3 Å². The van der Waals surface area contributed by atoms with Gasteiger partial charge in [-0.15, -0.1) is 0 Å². The first kappa shape index (κ1) is 12.1. The molecule has 0 aliphatic carbocycles. The Morgan fingerprint density at radius 2 is 2.19 bits per heavy atom. The summed E-state index contributed by atoms with van der Waals surface area (Å²) in [6.45, 7) is 0. The number of carbonyl (C=O) groups is 2. The van der Waals surface area contributed by atoms with Gasteiger partial charge in [0.05, 0.1) is 12.7 Å². The lowest BCUT2D eigenvalue weighted by Crippen LogP contribution is -2.11. The van der Waals surface area contributed by atoms with Crippen molar-refractivity contribution < 1.29 is 28.9 Å². The standard InChI is InChI=1S/C10H9FO5/c1-16-7-3-5(9(13)10(14)15)2-6(4-12)8(7)11/h2-4,9,13H,1H3,(H,14,15). The molecule has 0 fully saturated rings. The molecule has 1 atom stereocenters. The van der Waals surface area contributed by atoms with E-state index in [0.29, 0.717) is 0 Å². The van der Waals surface area contributed by atoms with E-state index in [0.717, 1.165) is 12.1 Å². The quantitative estimate of drug-likeness (QED) is 0.743. The number of ether oxygens (including phenoxy) is 1. The van der Waals surface area contributed by atoms with Crippen LogP contribution in [0.5, 0.6) is 5.75 Å². The molecule has 0 aromatic heterocycles. The third-order valence-electron chi connectivity index (χ3n) is 1.99. The summed E-state index contributed by atoms with van der Waals surface area (Å²) in [6.07, 6.45) is -1.61. The second-order valence-electron chi connectivity index (χ2n) is 2.98. The predicted octanol–water partition coefficient (Wildman–Crippen LogP) is 0.765. The van der Waals surface area contributed by atoms with Crippen LogP contribution in [0.15, 0.2) is 12.1 Å². The van der Waals surface area contributed by atoms with Crippen molar-refractivity contribution in [3.05, 3.63) is 29.1 Å². The minimum atomic E-state index is -1.83. The summed E-state index contributed by atoms with van der Waals surface area (Å²) in [7, 11) is 1.17. The van der Waals surface area contributed by atoms with Gasteiger partial charge in [0.1, 0.15) is 0 Å². The maximum Gasteiger partial charge on any atom is 0.337 e. The predicted molar refractivity (Wildman–Crippen MR) is 50.9 cm³/mol. The maximum atomic E-state index is 13.3. The van der Waals surface area contributed by atoms with Crippen molar-refractivity contribution in [1.29, 1.82) is 0 Å². The molecule has 5 nitrogen and oxygen atoms in total. The van der Waals surface area contributed by atoms with Crippen LogP contribution in [-0.2, 0) is 4.79 Å². The number of hydrogen-bond donors (Lipinski definition) is 2. The number of carboxylic acid groups (broad SMARTS) is 1. The summed E-state index contributed by atoms with van der Waals surface area (Å²) in [5.41, 5.74) is -0.484. The monoisotopic (exact) mass is 228 g/mol. The molecule has 1 aromatic rings. The number of carboxylic acids is 1. The molecule has 0 aliphatic rings. The molecule has 1 unspecified atom stereocenters. The first-order chi connectivity index (χ1) is 7.51. The van der Waals surface area contributed by atoms with Gasteiger partial charge in [-0.1, -0.05) is 0 Å². The van der Waals surface area contributed by atoms with Crippen LogP contribution in [-0.4, -0.2) is 29.6 Å². The third kappa shape index (κ3) is 2.17. The maximum absolute atomic E-state index is 13.3. The summed E-state index contributed by atoms with van der Waals surface area (Å²) in [5.74, 6) is -2.68. The molecule has 2 N–H and O–H groups in total. The molecule has 0 aliphatic heterocycles. The Balaban J connectivity index is 3.32. The van der Waals surface area contributed by atoms with Gasteiger partial charge in [-0.3, -0.25) is 4.79 Å². The highest BCUT2D eigenvalue weighted by molar-refractivity contribution is 5.79. The van der Waals surface area contributed by atoms with Gasteiger partial charge in [-0.2, -0.15) is 0 Å². The number of aldehydes is 1. The average molecular weight is 228 g/mol. The van der Waals surface area contributed by atoms with Crippen LogP contribution >= 0.6 is 0 Å². The molecule has 0 spiro atoms. The van der Waals surface area contributed by atoms with E-state index in [4.69, 9.17) is 5.11 Å². The van der Waals surface area contributed by atoms with E-state index < -0.39 is 17.9 Å². The Hall–Kier alpha value is -1.95. The Bertz CT molecular complexity index is 429. The Morgan fingerprint density at radius 3 is 2.62 bits per heavy atom. The molecule has 0 saturated heterocycles. The first-order valence-corrected chi connectivity index (χ1v) is 4.24. The highest BCUT2D eigenvalue weighted by atomic mass is 19.1. The SMILES string of the molecule is COc1cc(C(O)C(=O)O)cc(C=O)c1F. The third-order valence-corrected chi connectivity index (χ3v) is 1.99. The van der Waals surface area contributed by atoms with Crippen molar-refractivity contribution in [1.82, 2.24) is 0 Å². The summed E-state index contributed by atoms with van der Waals surface area (Å²) in [6, 6.07) is 1.99. The van der Waals surface area contributed by atoms with Gasteiger partial charge in [0.15, 0.2) is 24.0 Å². The highest BCUT2D eigenvalue weighted by Crippen LogP contribution is 2.25. The van der Waals surface area contributed by atoms with E-state index in [1.807, 2.05) is 0 Å². The molecular formula is C10H9FO5. The van der Waals surface area contributed by atoms with Crippen LogP contribution in [0.3, 0.4) is 0 Å². The van der Waals surface area contributed by atoms with E-state index in [1.54, 1.807) is 0 Å². The largest absolute Gasteiger partial charge is 0.494 e. The van der Waals surface area contributed by atoms with E-state index >= 15 is 0 Å². The van der Waals surface area contributed by atoms with Crippen LogP contribution < -0.4 is 4.74 Å². The van der Waals surface area contributed by atoms with Gasteiger partial charge in [-0.25, -0.2) is 9.18 Å². The molecule has 0 amide bonds. The molecule has 0 radical (unpaired) electrons. The van der Waals surface area contributed by atoms with Gasteiger partial charge >= 0.3 is 5.97 Å². The first-order valence-electron chi connectivity index (χ1n) is 4.24. The lowest BCUT2D eigenvalue weighted by Gasteiger charge is -2.10. The van der Waals surface area contributed by atoms with E-state index in [1.165, 1.54) is 7.11 Å². The van der Waals surface area contributed by atoms with Crippen molar-refractivity contribution in [3.63, 3.8) is 0 Å². The fourth-order valence-electron chi connectivity index (χ4n) is 1.18. The second-order valence-corrected chi connectivity index (χ2v) is 2.98. The molecular weight excluding hydrogens is 219 g/mol. The number of aliphatic hydroxyl groups is 1. The van der Waals surface area contributed by atoms with Crippen molar-refractivity contribution in [2.24, 2.45) is 0 Å². The normalized spacial score (nSPS) is 11.9. The zero-order valence-corrected chi connectivity index (χ0v) is 8.31. The number of benzene rings is 1. The number of carbonyl (C=O) groups excluding carboxylic acids is 1. The summed E-state index contributed by atoms with van der Waals surface area (Å²) in [4.78, 5) is 21.0. The number of methoxy groups -OCH3 is 1. The van der Waals surface area contributed by atoms with Gasteiger partial charge in [0, 0.05) is 0 Å².